The van der Waals surface area contributed by atoms with Gasteiger partial charge in [-0.05, 0) is 49.4 Å². The van der Waals surface area contributed by atoms with E-state index in [4.69, 9.17) is 4.42 Å². The topological polar surface area (TPSA) is 84.2 Å². The van der Waals surface area contributed by atoms with Gasteiger partial charge in [-0.3, -0.25) is 15.1 Å². The molecule has 2 N–H and O–H groups in total. The van der Waals surface area contributed by atoms with Gasteiger partial charge in [0.15, 0.2) is 6.04 Å². The minimum atomic E-state index is -0.807. The molecular weight excluding hydrogens is 374 g/mol. The molecule has 0 aliphatic carbocycles. The summed E-state index contributed by atoms with van der Waals surface area (Å²) in [6.07, 6.45) is 3.25. The predicted molar refractivity (Wildman–Crippen MR) is 104 cm³/mol. The standard InChI is InChI=1S/C21H15N3O3S/c1-13-12-15(8-10-22-13)3-2-14-4-6-16(7-5-14)28-17-9-11-27-19(17)18-20(25)24-21(26)23-18/h4-12,18H,1H3,(H2,23,24,25,26). The van der Waals surface area contributed by atoms with Gasteiger partial charge in [-0.1, -0.05) is 23.6 Å². The highest BCUT2D eigenvalue weighted by Crippen LogP contribution is 2.35. The van der Waals surface area contributed by atoms with Crippen molar-refractivity contribution in [2.45, 2.75) is 22.8 Å². The Kier molecular flexibility index (Phi) is 4.87. The Balaban J connectivity index is 1.48. The zero-order valence-electron chi connectivity index (χ0n) is 14.9. The highest BCUT2D eigenvalue weighted by atomic mass is 32.2. The fourth-order valence-electron chi connectivity index (χ4n) is 2.71. The van der Waals surface area contributed by atoms with Gasteiger partial charge in [0.1, 0.15) is 5.76 Å². The average molecular weight is 389 g/mol. The fraction of sp³-hybridized carbons (Fsp3) is 0.0952. The van der Waals surface area contributed by atoms with Gasteiger partial charge in [0.05, 0.1) is 11.2 Å². The van der Waals surface area contributed by atoms with Crippen LogP contribution in [0.5, 0.6) is 0 Å². The first-order chi connectivity index (χ1) is 13.6. The molecule has 0 spiro atoms. The Morgan fingerprint density at radius 2 is 1.86 bits per heavy atom. The van der Waals surface area contributed by atoms with E-state index in [9.17, 15) is 9.59 Å². The van der Waals surface area contributed by atoms with Crippen molar-refractivity contribution in [3.05, 3.63) is 77.5 Å². The molecule has 1 fully saturated rings. The third kappa shape index (κ3) is 3.92. The number of rotatable bonds is 3. The number of furan rings is 1. The van der Waals surface area contributed by atoms with Gasteiger partial charge in [0.2, 0.25) is 0 Å². The van der Waals surface area contributed by atoms with Crippen LogP contribution < -0.4 is 10.6 Å². The Labute approximate surface area is 165 Å². The smallest absolute Gasteiger partial charge is 0.322 e. The number of hydrogen-bond donors (Lipinski definition) is 2. The molecule has 3 amide bonds. The Morgan fingerprint density at radius 3 is 2.57 bits per heavy atom. The summed E-state index contributed by atoms with van der Waals surface area (Å²) in [7, 11) is 0. The van der Waals surface area contributed by atoms with E-state index in [1.807, 2.05) is 43.3 Å². The van der Waals surface area contributed by atoms with Crippen LogP contribution in [0.1, 0.15) is 28.6 Å². The number of hydrogen-bond acceptors (Lipinski definition) is 5. The van der Waals surface area contributed by atoms with E-state index in [0.717, 1.165) is 26.6 Å². The molecule has 1 aromatic carbocycles. The summed E-state index contributed by atoms with van der Waals surface area (Å²) < 4.78 is 5.44. The van der Waals surface area contributed by atoms with E-state index in [0.29, 0.717) is 5.76 Å². The molecule has 3 heterocycles. The van der Waals surface area contributed by atoms with Crippen LogP contribution in [-0.2, 0) is 4.79 Å². The quantitative estimate of drug-likeness (QED) is 0.530. The molecule has 1 unspecified atom stereocenters. The molecule has 28 heavy (non-hydrogen) atoms. The molecule has 2 aromatic heterocycles. The third-order valence-electron chi connectivity index (χ3n) is 4.02. The number of benzene rings is 1. The van der Waals surface area contributed by atoms with Crippen molar-refractivity contribution in [3.8, 4) is 11.8 Å². The van der Waals surface area contributed by atoms with Gasteiger partial charge in [-0.2, -0.15) is 0 Å². The molecule has 1 saturated heterocycles. The van der Waals surface area contributed by atoms with Crippen LogP contribution in [0.4, 0.5) is 4.79 Å². The monoisotopic (exact) mass is 389 g/mol. The lowest BCUT2D eigenvalue weighted by atomic mass is 10.2. The van der Waals surface area contributed by atoms with Crippen molar-refractivity contribution in [1.29, 1.82) is 0 Å². The lowest BCUT2D eigenvalue weighted by Crippen LogP contribution is -2.22. The average Bonchev–Trinajstić information content (AvgIpc) is 3.26. The molecule has 4 rings (SSSR count). The fourth-order valence-corrected chi connectivity index (χ4v) is 3.62. The van der Waals surface area contributed by atoms with Crippen molar-refractivity contribution in [1.82, 2.24) is 15.6 Å². The van der Waals surface area contributed by atoms with Gasteiger partial charge in [-0.25, -0.2) is 4.79 Å². The maximum atomic E-state index is 11.9. The van der Waals surface area contributed by atoms with E-state index < -0.39 is 18.0 Å². The first-order valence-electron chi connectivity index (χ1n) is 8.50. The number of nitrogens with one attached hydrogen (secondary N) is 2. The Morgan fingerprint density at radius 1 is 1.07 bits per heavy atom. The van der Waals surface area contributed by atoms with Crippen molar-refractivity contribution in [2.24, 2.45) is 0 Å². The lowest BCUT2D eigenvalue weighted by molar-refractivity contribution is -0.120. The van der Waals surface area contributed by atoms with E-state index in [-0.39, 0.29) is 0 Å². The molecule has 1 atom stereocenters. The first-order valence-corrected chi connectivity index (χ1v) is 9.31. The number of aryl methyl sites for hydroxylation is 1. The summed E-state index contributed by atoms with van der Waals surface area (Å²) in [6, 6.07) is 12.1. The van der Waals surface area contributed by atoms with Crippen molar-refractivity contribution in [3.63, 3.8) is 0 Å². The number of carbonyl (C=O) groups is 2. The summed E-state index contributed by atoms with van der Waals surface area (Å²) >= 11 is 1.45. The summed E-state index contributed by atoms with van der Waals surface area (Å²) in [5.74, 6) is 6.26. The minimum Gasteiger partial charge on any atom is -0.465 e. The van der Waals surface area contributed by atoms with Crippen LogP contribution in [0.2, 0.25) is 0 Å². The van der Waals surface area contributed by atoms with Crippen LogP contribution in [-0.4, -0.2) is 16.9 Å². The van der Waals surface area contributed by atoms with Gasteiger partial charge in [0, 0.05) is 27.9 Å². The zero-order chi connectivity index (χ0) is 19.5. The van der Waals surface area contributed by atoms with Crippen LogP contribution in [0, 0.1) is 18.8 Å². The predicted octanol–water partition coefficient (Wildman–Crippen LogP) is 3.41. The van der Waals surface area contributed by atoms with Crippen molar-refractivity contribution in [2.75, 3.05) is 0 Å². The number of aromatic nitrogens is 1. The summed E-state index contributed by atoms with van der Waals surface area (Å²) in [4.78, 5) is 29.1. The van der Waals surface area contributed by atoms with E-state index in [1.165, 1.54) is 18.0 Å². The van der Waals surface area contributed by atoms with Gasteiger partial charge in [0.25, 0.3) is 5.91 Å². The van der Waals surface area contributed by atoms with Crippen LogP contribution in [0.3, 0.4) is 0 Å². The Hall–Kier alpha value is -3.50. The van der Waals surface area contributed by atoms with Crippen LogP contribution in [0.25, 0.3) is 0 Å². The zero-order valence-corrected chi connectivity index (χ0v) is 15.7. The molecule has 1 aliphatic heterocycles. The summed E-state index contributed by atoms with van der Waals surface area (Å²) in [6.45, 7) is 1.93. The lowest BCUT2D eigenvalue weighted by Gasteiger charge is -2.07. The molecule has 0 saturated carbocycles. The number of imide groups is 1. The van der Waals surface area contributed by atoms with Crippen LogP contribution in [0.15, 0.2) is 69.1 Å². The second-order valence-corrected chi connectivity index (χ2v) is 7.22. The SMILES string of the molecule is Cc1cc(C#Cc2ccc(Sc3ccoc3C3NC(=O)NC3=O)cc2)ccn1. The number of amides is 3. The molecule has 138 valence electrons. The van der Waals surface area contributed by atoms with E-state index >= 15 is 0 Å². The highest BCUT2D eigenvalue weighted by molar-refractivity contribution is 7.99. The molecule has 1 aliphatic rings. The Bertz CT molecular complexity index is 1110. The first kappa shape index (κ1) is 17.9. The second kappa shape index (κ2) is 7.62. The van der Waals surface area contributed by atoms with E-state index in [2.05, 4.69) is 27.5 Å². The third-order valence-corrected chi connectivity index (χ3v) is 5.09. The van der Waals surface area contributed by atoms with E-state index in [1.54, 1.807) is 12.3 Å². The maximum absolute atomic E-state index is 11.9. The van der Waals surface area contributed by atoms with Gasteiger partial charge < -0.3 is 9.73 Å². The van der Waals surface area contributed by atoms with Crippen molar-refractivity contribution < 1.29 is 14.0 Å². The number of carbonyl (C=O) groups excluding carboxylic acids is 2. The number of urea groups is 1. The van der Waals surface area contributed by atoms with Crippen molar-refractivity contribution >= 4 is 23.7 Å². The highest BCUT2D eigenvalue weighted by Gasteiger charge is 2.35. The second-order valence-electron chi connectivity index (χ2n) is 6.11. The number of nitrogens with zero attached hydrogens (tertiary/aromatic N) is 1. The number of pyridine rings is 1. The molecule has 6 nitrogen and oxygen atoms in total. The van der Waals surface area contributed by atoms with Gasteiger partial charge >= 0.3 is 6.03 Å². The maximum Gasteiger partial charge on any atom is 0.322 e. The van der Waals surface area contributed by atoms with Gasteiger partial charge in [-0.15, -0.1) is 0 Å². The molecular formula is C21H15N3O3S. The van der Waals surface area contributed by atoms with Crippen LogP contribution >= 0.6 is 11.8 Å². The molecule has 0 bridgehead atoms. The molecule has 0 radical (unpaired) electrons. The largest absolute Gasteiger partial charge is 0.465 e. The minimum absolute atomic E-state index is 0.418. The summed E-state index contributed by atoms with van der Waals surface area (Å²) in [5, 5.41) is 4.76. The molecule has 7 heteroatoms. The molecule has 3 aromatic rings. The normalized spacial score (nSPS) is 15.5. The summed E-state index contributed by atoms with van der Waals surface area (Å²) in [5.41, 5.74) is 2.75.